The molecule has 8 nitrogen and oxygen atoms in total. The van der Waals surface area contributed by atoms with Gasteiger partial charge >= 0.3 is 12.1 Å². The number of fused-ring (bicyclic) bond motifs is 1. The van der Waals surface area contributed by atoms with Gasteiger partial charge in [0.1, 0.15) is 5.60 Å². The Kier molecular flexibility index (Phi) is 6.09. The van der Waals surface area contributed by atoms with Gasteiger partial charge in [-0.15, -0.1) is 12.8 Å². The number of ether oxygens (including phenoxy) is 4. The fraction of sp³-hybridized carbons (Fsp3) is 0.565. The average Bonchev–Trinajstić information content (AvgIpc) is 3.17. The van der Waals surface area contributed by atoms with Gasteiger partial charge in [-0.3, -0.25) is 5.32 Å². The Morgan fingerprint density at radius 3 is 2.41 bits per heavy atom. The van der Waals surface area contributed by atoms with E-state index in [0.29, 0.717) is 11.1 Å². The molecule has 0 radical (unpaired) electrons. The van der Waals surface area contributed by atoms with Crippen LogP contribution in [0.15, 0.2) is 22.9 Å². The third-order valence-corrected chi connectivity index (χ3v) is 10.9. The van der Waals surface area contributed by atoms with Gasteiger partial charge in [0.2, 0.25) is 5.79 Å². The van der Waals surface area contributed by atoms with Crippen molar-refractivity contribution in [3.05, 3.63) is 22.9 Å². The van der Waals surface area contributed by atoms with Crippen molar-refractivity contribution in [2.24, 2.45) is 0 Å². The molecule has 0 unspecified atom stereocenters. The molecule has 3 rings (SSSR count). The molecule has 172 valence electrons. The van der Waals surface area contributed by atoms with Crippen LogP contribution in [0.3, 0.4) is 0 Å². The van der Waals surface area contributed by atoms with E-state index < -0.39 is 37.9 Å². The molecule has 1 aliphatic carbocycles. The van der Waals surface area contributed by atoms with Crippen molar-refractivity contribution in [1.82, 2.24) is 5.32 Å². The Hall–Kier alpha value is -2.56. The van der Waals surface area contributed by atoms with Gasteiger partial charge in [0.15, 0.2) is 14.4 Å². The number of nitrogens with one attached hydrogen (secondary N) is 1. The highest BCUT2D eigenvalue weighted by atomic mass is 28.4. The van der Waals surface area contributed by atoms with Crippen molar-refractivity contribution in [3.8, 4) is 24.7 Å². The number of alkyl carbamates (subject to hydrolysis) is 1. The highest BCUT2D eigenvalue weighted by Crippen LogP contribution is 2.53. The van der Waals surface area contributed by atoms with E-state index in [1.165, 1.54) is 13.2 Å². The van der Waals surface area contributed by atoms with E-state index in [1.54, 1.807) is 0 Å². The van der Waals surface area contributed by atoms with Crippen LogP contribution < -0.4 is 5.32 Å². The molecule has 0 aromatic heterocycles. The first-order chi connectivity index (χ1) is 14.8. The van der Waals surface area contributed by atoms with Crippen molar-refractivity contribution >= 4 is 20.4 Å². The zero-order chi connectivity index (χ0) is 23.9. The topological polar surface area (TPSA) is 92.3 Å². The quantitative estimate of drug-likeness (QED) is 0.394. The Morgan fingerprint density at radius 1 is 1.28 bits per heavy atom. The summed E-state index contributed by atoms with van der Waals surface area (Å²) < 4.78 is 29.0. The summed E-state index contributed by atoms with van der Waals surface area (Å²) >= 11 is 0. The summed E-state index contributed by atoms with van der Waals surface area (Å²) in [4.78, 5) is 24.7. The molecule has 0 aromatic carbocycles. The first kappa shape index (κ1) is 24.1. The summed E-state index contributed by atoms with van der Waals surface area (Å²) in [6.07, 6.45) is 11.2. The molecule has 9 heteroatoms. The largest absolute Gasteiger partial charge is 0.453 e. The van der Waals surface area contributed by atoms with Crippen LogP contribution in [0.4, 0.5) is 4.79 Å². The maximum absolute atomic E-state index is 12.4. The predicted octanol–water partition coefficient (Wildman–Crippen LogP) is 2.62. The minimum Gasteiger partial charge on any atom is -0.453 e. The molecule has 2 atom stereocenters. The minimum absolute atomic E-state index is 0.0161. The molecule has 2 heterocycles. The standard InChI is InChI=1S/C23H29NO7Si/c1-9-16-18-15(13-17(25)30-16)22(10-2,31-32(7,8)21(3,4)5)14-23(28-11-12-29-23)19(18)24-20(26)27-6/h1-2,13,16H,11-12,14H2,3-8H3,(H,24,26)/t16-,22+/m1/s1. The van der Waals surface area contributed by atoms with Crippen LogP contribution in [0, 0.1) is 24.7 Å². The molecular formula is C23H29NO7Si. The molecule has 0 aromatic rings. The SMILES string of the molecule is C#C[C@H]1OC(=O)C=C2C1=C(NC(=O)OC)C1(C[C@]2(C#C)O[Si](C)(C)C(C)(C)C)OCCO1. The van der Waals surface area contributed by atoms with Crippen molar-refractivity contribution in [2.45, 2.75) is 62.8 Å². The fourth-order valence-corrected chi connectivity index (χ4v) is 5.25. The molecule has 1 spiro atoms. The van der Waals surface area contributed by atoms with E-state index in [9.17, 15) is 9.59 Å². The second-order valence-corrected chi connectivity index (χ2v) is 14.1. The smallest absolute Gasteiger partial charge is 0.411 e. The average molecular weight is 460 g/mol. The minimum atomic E-state index is -2.48. The lowest BCUT2D eigenvalue weighted by Gasteiger charge is -2.51. The molecule has 1 saturated heterocycles. The third kappa shape index (κ3) is 3.87. The Morgan fingerprint density at radius 2 is 1.91 bits per heavy atom. The number of hydrogen-bond donors (Lipinski definition) is 1. The van der Waals surface area contributed by atoms with Crippen molar-refractivity contribution in [1.29, 1.82) is 0 Å². The third-order valence-electron chi connectivity index (χ3n) is 6.40. The number of carbonyl (C=O) groups is 2. The van der Waals surface area contributed by atoms with Crippen LogP contribution in [-0.4, -0.2) is 58.2 Å². The second kappa shape index (κ2) is 8.09. The Balaban J connectivity index is 2.32. The number of esters is 1. The molecule has 0 bridgehead atoms. The van der Waals surface area contributed by atoms with Gasteiger partial charge in [-0.2, -0.15) is 0 Å². The number of amides is 1. The highest BCUT2D eigenvalue weighted by Gasteiger charge is 2.60. The molecule has 0 saturated carbocycles. The van der Waals surface area contributed by atoms with E-state index >= 15 is 0 Å². The first-order valence-corrected chi connectivity index (χ1v) is 13.2. The number of terminal acetylenes is 2. The summed E-state index contributed by atoms with van der Waals surface area (Å²) in [6.45, 7) is 10.9. The lowest BCUT2D eigenvalue weighted by molar-refractivity contribution is -0.162. The van der Waals surface area contributed by atoms with Crippen molar-refractivity contribution in [3.63, 3.8) is 0 Å². The van der Waals surface area contributed by atoms with Gasteiger partial charge in [0.25, 0.3) is 0 Å². The van der Waals surface area contributed by atoms with Crippen LogP contribution in [-0.2, 0) is 28.2 Å². The lowest BCUT2D eigenvalue weighted by atomic mass is 9.72. The molecule has 1 amide bonds. The number of rotatable bonds is 3. The number of hydrogen-bond acceptors (Lipinski definition) is 7. The molecule has 1 fully saturated rings. The van der Waals surface area contributed by atoms with E-state index in [4.69, 9.17) is 36.2 Å². The van der Waals surface area contributed by atoms with Gasteiger partial charge in [-0.25, -0.2) is 9.59 Å². The second-order valence-electron chi connectivity index (χ2n) is 9.41. The summed E-state index contributed by atoms with van der Waals surface area (Å²) in [5, 5.41) is 2.48. The number of cyclic esters (lactones) is 1. The van der Waals surface area contributed by atoms with Crippen molar-refractivity contribution in [2.75, 3.05) is 20.3 Å². The van der Waals surface area contributed by atoms with E-state index in [1.807, 2.05) is 0 Å². The Labute approximate surface area is 189 Å². The number of methoxy groups -OCH3 is 1. The summed E-state index contributed by atoms with van der Waals surface area (Å²) in [7, 11) is -1.25. The van der Waals surface area contributed by atoms with Gasteiger partial charge in [-0.05, 0) is 18.1 Å². The van der Waals surface area contributed by atoms with E-state index in [0.717, 1.165) is 0 Å². The Bertz CT molecular complexity index is 970. The molecule has 32 heavy (non-hydrogen) atoms. The van der Waals surface area contributed by atoms with E-state index in [-0.39, 0.29) is 30.4 Å². The van der Waals surface area contributed by atoms with Crippen LogP contribution in [0.5, 0.6) is 0 Å². The lowest BCUT2D eigenvalue weighted by Crippen LogP contribution is -2.60. The van der Waals surface area contributed by atoms with Crippen molar-refractivity contribution < 1.29 is 33.0 Å². The predicted molar refractivity (Wildman–Crippen MR) is 118 cm³/mol. The zero-order valence-electron chi connectivity index (χ0n) is 19.3. The molecule has 1 N–H and O–H groups in total. The molecule has 2 aliphatic heterocycles. The molecular weight excluding hydrogens is 430 g/mol. The van der Waals surface area contributed by atoms with Gasteiger partial charge in [-0.1, -0.05) is 32.6 Å². The summed E-state index contributed by atoms with van der Waals surface area (Å²) in [5.41, 5.74) is -0.519. The zero-order valence-corrected chi connectivity index (χ0v) is 20.3. The first-order valence-electron chi connectivity index (χ1n) is 10.3. The van der Waals surface area contributed by atoms with E-state index in [2.05, 4.69) is 51.0 Å². The van der Waals surface area contributed by atoms with Gasteiger partial charge < -0.3 is 23.4 Å². The highest BCUT2D eigenvalue weighted by molar-refractivity contribution is 6.74. The number of carbonyl (C=O) groups excluding carboxylic acids is 2. The maximum Gasteiger partial charge on any atom is 0.411 e. The fourth-order valence-electron chi connectivity index (χ4n) is 3.83. The normalized spacial score (nSPS) is 27.1. The van der Waals surface area contributed by atoms with Gasteiger partial charge in [0, 0.05) is 17.2 Å². The monoisotopic (exact) mass is 459 g/mol. The molecule has 3 aliphatic rings. The summed E-state index contributed by atoms with van der Waals surface area (Å²) in [5.74, 6) is 3.14. The maximum atomic E-state index is 12.4. The van der Waals surface area contributed by atoms with Crippen LogP contribution >= 0.6 is 0 Å². The van der Waals surface area contributed by atoms with Crippen LogP contribution in [0.1, 0.15) is 27.2 Å². The summed E-state index contributed by atoms with van der Waals surface area (Å²) in [6, 6.07) is 0. The van der Waals surface area contributed by atoms with Gasteiger partial charge in [0.05, 0.1) is 32.4 Å². The van der Waals surface area contributed by atoms with Crippen LogP contribution in [0.2, 0.25) is 18.1 Å². The van der Waals surface area contributed by atoms with Crippen LogP contribution in [0.25, 0.3) is 0 Å².